The maximum atomic E-state index is 13.4. The van der Waals surface area contributed by atoms with Gasteiger partial charge in [0.05, 0.1) is 0 Å². The van der Waals surface area contributed by atoms with Gasteiger partial charge in [0.2, 0.25) is 0 Å². The molecule has 258 valence electrons. The van der Waals surface area contributed by atoms with Crippen LogP contribution in [-0.4, -0.2) is 5.97 Å². The largest absolute Gasteiger partial charge is 0.444 e. The predicted molar refractivity (Wildman–Crippen MR) is 206 cm³/mol. The van der Waals surface area contributed by atoms with Gasteiger partial charge in [-0.1, -0.05) is 179 Å². The second kappa shape index (κ2) is 20.6. The predicted octanol–water partition coefficient (Wildman–Crippen LogP) is 13.0. The van der Waals surface area contributed by atoms with Crippen LogP contribution in [0.1, 0.15) is 143 Å². The van der Waals surface area contributed by atoms with E-state index in [1.807, 2.05) is 54.6 Å². The zero-order valence-corrected chi connectivity index (χ0v) is 29.7. The van der Waals surface area contributed by atoms with Gasteiger partial charge in [0.15, 0.2) is 5.60 Å². The van der Waals surface area contributed by atoms with Crippen LogP contribution in [0.3, 0.4) is 0 Å². The number of carbonyl (C=O) groups is 1. The van der Waals surface area contributed by atoms with E-state index in [2.05, 4.69) is 72.8 Å². The fourth-order valence-electron chi connectivity index (χ4n) is 7.73. The van der Waals surface area contributed by atoms with Crippen LogP contribution in [0, 0.1) is 0 Å². The lowest BCUT2D eigenvalue weighted by molar-refractivity contribution is -0.153. The molecule has 1 unspecified atom stereocenters. The van der Waals surface area contributed by atoms with Gasteiger partial charge in [-0.3, -0.25) is 4.79 Å². The van der Waals surface area contributed by atoms with E-state index < -0.39 is 5.60 Å². The lowest BCUT2D eigenvalue weighted by Crippen LogP contribution is -2.35. The van der Waals surface area contributed by atoms with E-state index in [1.54, 1.807) is 11.1 Å². The van der Waals surface area contributed by atoms with Crippen molar-refractivity contribution in [3.63, 3.8) is 0 Å². The summed E-state index contributed by atoms with van der Waals surface area (Å²) in [6.45, 7) is 0. The fraction of sp³-hybridized carbons (Fsp3) is 0.426. The molecule has 0 aromatic heterocycles. The van der Waals surface area contributed by atoms with Crippen molar-refractivity contribution in [1.29, 1.82) is 0 Å². The van der Waals surface area contributed by atoms with Crippen molar-refractivity contribution in [3.8, 4) is 0 Å². The number of hydrogen-bond donors (Lipinski definition) is 0. The van der Waals surface area contributed by atoms with Gasteiger partial charge >= 0.3 is 5.97 Å². The van der Waals surface area contributed by atoms with Crippen LogP contribution in [0.15, 0.2) is 127 Å². The summed E-state index contributed by atoms with van der Waals surface area (Å²) < 4.78 is 6.51. The summed E-state index contributed by atoms with van der Waals surface area (Å²) in [6.07, 6.45) is 26.8. The second-order valence-electron chi connectivity index (χ2n) is 14.0. The Morgan fingerprint density at radius 2 is 1.04 bits per heavy atom. The summed E-state index contributed by atoms with van der Waals surface area (Å²) in [6, 6.07) is 39.6. The molecule has 0 N–H and O–H groups in total. The topological polar surface area (TPSA) is 26.3 Å². The van der Waals surface area contributed by atoms with Crippen LogP contribution < -0.4 is 0 Å². The first-order valence-corrected chi connectivity index (χ1v) is 19.4. The SMILES string of the molecule is O=C(CCCCCCC/C=C\CCCCCCCCC1CCCc2ccccc21)OC(c1ccccc1)(c1ccccc1)c1ccccc1. The molecule has 0 spiro atoms. The smallest absolute Gasteiger partial charge is 0.307 e. The summed E-state index contributed by atoms with van der Waals surface area (Å²) in [7, 11) is 0. The minimum absolute atomic E-state index is 0.148. The second-order valence-corrected chi connectivity index (χ2v) is 14.0. The molecule has 1 atom stereocenters. The average molecular weight is 655 g/mol. The van der Waals surface area contributed by atoms with Gasteiger partial charge in [0, 0.05) is 23.1 Å². The number of aryl methyl sites for hydroxylation is 1. The molecule has 0 heterocycles. The van der Waals surface area contributed by atoms with E-state index in [1.165, 1.54) is 89.9 Å². The molecule has 0 saturated heterocycles. The molecule has 4 aromatic rings. The van der Waals surface area contributed by atoms with Crippen molar-refractivity contribution in [2.24, 2.45) is 0 Å². The van der Waals surface area contributed by atoms with Crippen LogP contribution in [0.2, 0.25) is 0 Å². The minimum atomic E-state index is -0.977. The highest BCUT2D eigenvalue weighted by molar-refractivity contribution is 5.72. The first-order valence-electron chi connectivity index (χ1n) is 19.4. The van der Waals surface area contributed by atoms with Crippen molar-refractivity contribution in [2.45, 2.75) is 127 Å². The first-order chi connectivity index (χ1) is 24.3. The molecule has 2 nitrogen and oxygen atoms in total. The van der Waals surface area contributed by atoms with Gasteiger partial charge in [0.25, 0.3) is 0 Å². The fourth-order valence-corrected chi connectivity index (χ4v) is 7.73. The van der Waals surface area contributed by atoms with Gasteiger partial charge in [0.1, 0.15) is 0 Å². The Morgan fingerprint density at radius 3 is 1.61 bits per heavy atom. The van der Waals surface area contributed by atoms with E-state index in [0.717, 1.165) is 41.9 Å². The molecule has 1 aliphatic rings. The van der Waals surface area contributed by atoms with Gasteiger partial charge in [-0.2, -0.15) is 0 Å². The van der Waals surface area contributed by atoms with Crippen molar-refractivity contribution in [1.82, 2.24) is 0 Å². The Hall–Kier alpha value is -3.91. The van der Waals surface area contributed by atoms with Gasteiger partial charge in [-0.25, -0.2) is 0 Å². The molecule has 0 aliphatic heterocycles. The normalized spacial score (nSPS) is 14.5. The van der Waals surface area contributed by atoms with Crippen molar-refractivity contribution >= 4 is 5.97 Å². The number of carbonyl (C=O) groups excluding carboxylic acids is 1. The first kappa shape index (κ1) is 36.4. The lowest BCUT2D eigenvalue weighted by atomic mass is 9.80. The molecule has 4 aromatic carbocycles. The van der Waals surface area contributed by atoms with Crippen LogP contribution in [0.5, 0.6) is 0 Å². The monoisotopic (exact) mass is 654 g/mol. The Kier molecular flexibility index (Phi) is 15.3. The third-order valence-electron chi connectivity index (χ3n) is 10.4. The van der Waals surface area contributed by atoms with E-state index in [-0.39, 0.29) is 5.97 Å². The summed E-state index contributed by atoms with van der Waals surface area (Å²) in [5, 5.41) is 0. The van der Waals surface area contributed by atoms with Crippen molar-refractivity contribution < 1.29 is 9.53 Å². The number of rotatable bonds is 21. The number of ether oxygens (including phenoxy) is 1. The molecule has 0 amide bonds. The number of allylic oxidation sites excluding steroid dienone is 2. The number of fused-ring (bicyclic) bond motifs is 1. The summed E-state index contributed by atoms with van der Waals surface area (Å²) in [5.41, 5.74) is 5.15. The molecule has 0 radical (unpaired) electrons. The summed E-state index contributed by atoms with van der Waals surface area (Å²) in [4.78, 5) is 13.4. The Balaban J connectivity index is 0.915. The molecule has 1 aliphatic carbocycles. The Morgan fingerprint density at radius 1 is 0.571 bits per heavy atom. The number of benzene rings is 4. The maximum absolute atomic E-state index is 13.4. The van der Waals surface area contributed by atoms with E-state index in [4.69, 9.17) is 4.74 Å². The highest BCUT2D eigenvalue weighted by Crippen LogP contribution is 2.41. The number of hydrogen-bond acceptors (Lipinski definition) is 2. The summed E-state index contributed by atoms with van der Waals surface area (Å²) in [5.74, 6) is 0.663. The zero-order chi connectivity index (χ0) is 33.8. The Labute approximate surface area is 297 Å². The number of unbranched alkanes of at least 4 members (excludes halogenated alkanes) is 11. The summed E-state index contributed by atoms with van der Waals surface area (Å²) >= 11 is 0. The van der Waals surface area contributed by atoms with Crippen molar-refractivity contribution in [3.05, 3.63) is 155 Å². The van der Waals surface area contributed by atoms with Gasteiger partial charge < -0.3 is 4.74 Å². The Bertz CT molecular complexity index is 1410. The molecule has 0 saturated carbocycles. The standard InChI is InChI=1S/C47H58O2/c48-46(49-47(42-32-18-14-19-33-42,43-34-20-15-21-35-43)44-36-22-16-23-37-44)39-24-13-11-9-7-5-3-1-2-4-6-8-10-12-17-28-40-30-27-31-41-29-25-26-38-45(40)41/h1,3,14-16,18-23,25-26,29,32-38,40H,2,4-13,17,24,27-28,30-31,39H2/b3-1-. The molecule has 5 rings (SSSR count). The molecule has 0 bridgehead atoms. The van der Waals surface area contributed by atoms with Crippen LogP contribution in [-0.2, 0) is 21.6 Å². The molecular formula is C47H58O2. The zero-order valence-electron chi connectivity index (χ0n) is 29.7. The molecule has 2 heteroatoms. The molecule has 49 heavy (non-hydrogen) atoms. The average Bonchev–Trinajstić information content (AvgIpc) is 3.16. The van der Waals surface area contributed by atoms with E-state index >= 15 is 0 Å². The third kappa shape index (κ3) is 11.0. The van der Waals surface area contributed by atoms with Gasteiger partial charge in [-0.05, 0) is 74.8 Å². The van der Waals surface area contributed by atoms with E-state index in [9.17, 15) is 4.79 Å². The highest BCUT2D eigenvalue weighted by atomic mass is 16.6. The quantitative estimate of drug-likeness (QED) is 0.0387. The van der Waals surface area contributed by atoms with E-state index in [0.29, 0.717) is 6.42 Å². The third-order valence-corrected chi connectivity index (χ3v) is 10.4. The lowest BCUT2D eigenvalue weighted by Gasteiger charge is -2.35. The highest BCUT2D eigenvalue weighted by Gasteiger charge is 2.40. The minimum Gasteiger partial charge on any atom is -0.444 e. The number of esters is 1. The van der Waals surface area contributed by atoms with Crippen LogP contribution >= 0.6 is 0 Å². The molecular weight excluding hydrogens is 597 g/mol. The van der Waals surface area contributed by atoms with Crippen LogP contribution in [0.25, 0.3) is 0 Å². The molecule has 0 fully saturated rings. The van der Waals surface area contributed by atoms with Gasteiger partial charge in [-0.15, -0.1) is 0 Å². The van der Waals surface area contributed by atoms with Crippen LogP contribution in [0.4, 0.5) is 0 Å². The van der Waals surface area contributed by atoms with Crippen molar-refractivity contribution in [2.75, 3.05) is 0 Å². The maximum Gasteiger partial charge on any atom is 0.307 e.